The number of benzene rings is 1. The number of hydrogen-bond donors (Lipinski definition) is 1. The van der Waals surface area contributed by atoms with E-state index in [4.69, 9.17) is 16.7 Å². The summed E-state index contributed by atoms with van der Waals surface area (Å²) in [5, 5.41) is 9.24. The molecule has 86 valence electrons. The van der Waals surface area contributed by atoms with Gasteiger partial charge in [-0.2, -0.15) is 0 Å². The molecule has 0 atom stereocenters. The van der Waals surface area contributed by atoms with Crippen molar-refractivity contribution in [1.82, 2.24) is 0 Å². The number of rotatable bonds is 3. The lowest BCUT2D eigenvalue weighted by Crippen LogP contribution is -2.32. The van der Waals surface area contributed by atoms with Gasteiger partial charge in [-0.15, -0.1) is 0 Å². The quantitative estimate of drug-likeness (QED) is 0.898. The van der Waals surface area contributed by atoms with Gasteiger partial charge >= 0.3 is 5.97 Å². The van der Waals surface area contributed by atoms with Crippen molar-refractivity contribution in [2.24, 2.45) is 0 Å². The Morgan fingerprint density at radius 1 is 1.38 bits per heavy atom. The SMILES string of the molecule is O=C(O)C1(S(=O)(=O)c2cccc(Cl)c2)CC1. The number of aliphatic carboxylic acids is 1. The smallest absolute Gasteiger partial charge is 0.325 e. The minimum absolute atomic E-state index is 0.0279. The summed E-state index contributed by atoms with van der Waals surface area (Å²) < 4.78 is 22.5. The van der Waals surface area contributed by atoms with Crippen LogP contribution in [-0.2, 0) is 14.6 Å². The van der Waals surface area contributed by atoms with E-state index in [9.17, 15) is 13.2 Å². The number of carbonyl (C=O) groups is 1. The zero-order valence-electron chi connectivity index (χ0n) is 8.18. The number of sulfone groups is 1. The van der Waals surface area contributed by atoms with E-state index in [1.807, 2.05) is 0 Å². The van der Waals surface area contributed by atoms with E-state index >= 15 is 0 Å². The van der Waals surface area contributed by atoms with Gasteiger partial charge in [0.05, 0.1) is 4.90 Å². The normalized spacial score (nSPS) is 18.1. The summed E-state index contributed by atoms with van der Waals surface area (Å²) in [6.07, 6.45) is 0.328. The summed E-state index contributed by atoms with van der Waals surface area (Å²) in [5.41, 5.74) is 0. The van der Waals surface area contributed by atoms with Gasteiger partial charge in [-0.25, -0.2) is 8.42 Å². The molecule has 1 saturated carbocycles. The fourth-order valence-corrected chi connectivity index (χ4v) is 3.69. The average molecular weight is 261 g/mol. The Morgan fingerprint density at radius 2 is 2.00 bits per heavy atom. The Morgan fingerprint density at radius 3 is 2.44 bits per heavy atom. The van der Waals surface area contributed by atoms with E-state index in [0.29, 0.717) is 0 Å². The Hall–Kier alpha value is -1.07. The topological polar surface area (TPSA) is 71.4 Å². The lowest BCUT2D eigenvalue weighted by Gasteiger charge is -2.11. The second kappa shape index (κ2) is 3.46. The van der Waals surface area contributed by atoms with Crippen LogP contribution >= 0.6 is 11.6 Å². The van der Waals surface area contributed by atoms with E-state index < -0.39 is 20.6 Å². The maximum absolute atomic E-state index is 12.1. The molecule has 2 rings (SSSR count). The minimum atomic E-state index is -3.83. The standard InChI is InChI=1S/C10H9ClO4S/c11-7-2-1-3-8(6-7)16(14,15)10(4-5-10)9(12)13/h1-3,6H,4-5H2,(H,12,13). The molecule has 6 heteroatoms. The Bertz CT molecular complexity index is 546. The van der Waals surface area contributed by atoms with Crippen LogP contribution in [0.2, 0.25) is 5.02 Å². The van der Waals surface area contributed by atoms with Crippen molar-refractivity contribution < 1.29 is 18.3 Å². The monoisotopic (exact) mass is 260 g/mol. The molecule has 0 saturated heterocycles. The van der Waals surface area contributed by atoms with Gasteiger partial charge in [0.1, 0.15) is 0 Å². The van der Waals surface area contributed by atoms with Crippen molar-refractivity contribution in [3.05, 3.63) is 29.3 Å². The predicted octanol–water partition coefficient (Wildman–Crippen LogP) is 1.73. The number of halogens is 1. The summed E-state index contributed by atoms with van der Waals surface area (Å²) in [4.78, 5) is 10.9. The van der Waals surface area contributed by atoms with Crippen molar-refractivity contribution in [2.45, 2.75) is 22.5 Å². The Balaban J connectivity index is 2.52. The van der Waals surface area contributed by atoms with Crippen LogP contribution in [0.1, 0.15) is 12.8 Å². The third-order valence-electron chi connectivity index (χ3n) is 2.71. The average Bonchev–Trinajstić information content (AvgIpc) is 2.98. The molecular weight excluding hydrogens is 252 g/mol. The lowest BCUT2D eigenvalue weighted by atomic mass is 10.4. The van der Waals surface area contributed by atoms with Crippen LogP contribution in [0, 0.1) is 0 Å². The molecule has 0 aromatic heterocycles. The Kier molecular flexibility index (Phi) is 2.47. The highest BCUT2D eigenvalue weighted by Crippen LogP contribution is 2.47. The van der Waals surface area contributed by atoms with Gasteiger partial charge in [0.2, 0.25) is 0 Å². The number of carboxylic acid groups (broad SMARTS) is 1. The van der Waals surface area contributed by atoms with Gasteiger partial charge < -0.3 is 5.11 Å². The summed E-state index contributed by atoms with van der Waals surface area (Å²) in [7, 11) is -3.83. The molecule has 0 amide bonds. The first kappa shape index (κ1) is 11.4. The van der Waals surface area contributed by atoms with Gasteiger partial charge in [-0.05, 0) is 31.0 Å². The highest BCUT2D eigenvalue weighted by atomic mass is 35.5. The first-order valence-corrected chi connectivity index (χ1v) is 6.50. The van der Waals surface area contributed by atoms with Crippen molar-refractivity contribution in [2.75, 3.05) is 0 Å². The molecular formula is C10H9ClO4S. The van der Waals surface area contributed by atoms with E-state index in [1.54, 1.807) is 6.07 Å². The summed E-state index contributed by atoms with van der Waals surface area (Å²) in [6, 6.07) is 5.68. The molecule has 1 aliphatic rings. The van der Waals surface area contributed by atoms with Crippen molar-refractivity contribution >= 4 is 27.4 Å². The highest BCUT2D eigenvalue weighted by Gasteiger charge is 2.61. The van der Waals surface area contributed by atoms with Crippen LogP contribution in [0.25, 0.3) is 0 Å². The molecule has 0 radical (unpaired) electrons. The minimum Gasteiger partial charge on any atom is -0.480 e. The van der Waals surface area contributed by atoms with Crippen molar-refractivity contribution in [3.8, 4) is 0 Å². The van der Waals surface area contributed by atoms with Crippen LogP contribution in [0.4, 0.5) is 0 Å². The molecule has 0 unspecified atom stereocenters. The summed E-state index contributed by atoms with van der Waals surface area (Å²) >= 11 is 5.69. The molecule has 1 fully saturated rings. The van der Waals surface area contributed by atoms with E-state index in [0.717, 1.165) is 0 Å². The van der Waals surface area contributed by atoms with Crippen LogP contribution in [0.5, 0.6) is 0 Å². The summed E-state index contributed by atoms with van der Waals surface area (Å²) in [6.45, 7) is 0. The number of hydrogen-bond acceptors (Lipinski definition) is 3. The highest BCUT2D eigenvalue weighted by molar-refractivity contribution is 7.94. The molecule has 1 N–H and O–H groups in total. The van der Waals surface area contributed by atoms with Gasteiger partial charge in [0.25, 0.3) is 0 Å². The van der Waals surface area contributed by atoms with Gasteiger partial charge in [0, 0.05) is 5.02 Å². The zero-order valence-corrected chi connectivity index (χ0v) is 9.75. The third kappa shape index (κ3) is 1.51. The largest absolute Gasteiger partial charge is 0.480 e. The molecule has 0 aliphatic heterocycles. The fraction of sp³-hybridized carbons (Fsp3) is 0.300. The molecule has 16 heavy (non-hydrogen) atoms. The van der Waals surface area contributed by atoms with Gasteiger partial charge in [-0.1, -0.05) is 17.7 Å². The molecule has 1 aliphatic carbocycles. The van der Waals surface area contributed by atoms with Crippen LogP contribution in [0.3, 0.4) is 0 Å². The second-order valence-electron chi connectivity index (χ2n) is 3.76. The first-order chi connectivity index (χ1) is 7.40. The molecule has 1 aromatic carbocycles. The fourth-order valence-electron chi connectivity index (χ4n) is 1.57. The van der Waals surface area contributed by atoms with E-state index in [2.05, 4.69) is 0 Å². The molecule has 1 aromatic rings. The predicted molar refractivity (Wildman–Crippen MR) is 58.2 cm³/mol. The van der Waals surface area contributed by atoms with Crippen molar-refractivity contribution in [3.63, 3.8) is 0 Å². The number of carboxylic acids is 1. The summed E-state index contributed by atoms with van der Waals surface area (Å²) in [5.74, 6) is -1.28. The first-order valence-electron chi connectivity index (χ1n) is 4.64. The van der Waals surface area contributed by atoms with Crippen LogP contribution in [-0.4, -0.2) is 24.2 Å². The molecule has 4 nitrogen and oxygen atoms in total. The zero-order chi connectivity index (χ0) is 12.0. The second-order valence-corrected chi connectivity index (χ2v) is 6.46. The van der Waals surface area contributed by atoms with Crippen LogP contribution < -0.4 is 0 Å². The van der Waals surface area contributed by atoms with Gasteiger partial charge in [-0.3, -0.25) is 4.79 Å². The van der Waals surface area contributed by atoms with E-state index in [1.165, 1.54) is 18.2 Å². The van der Waals surface area contributed by atoms with Crippen molar-refractivity contribution in [1.29, 1.82) is 0 Å². The maximum atomic E-state index is 12.1. The molecule has 0 heterocycles. The van der Waals surface area contributed by atoms with Gasteiger partial charge in [0.15, 0.2) is 14.6 Å². The molecule has 0 spiro atoms. The van der Waals surface area contributed by atoms with Crippen LogP contribution in [0.15, 0.2) is 29.2 Å². The maximum Gasteiger partial charge on any atom is 0.325 e. The van der Waals surface area contributed by atoms with E-state index in [-0.39, 0.29) is 22.8 Å². The lowest BCUT2D eigenvalue weighted by molar-refractivity contribution is -0.137. The molecule has 0 bridgehead atoms. The Labute approximate surface area is 97.8 Å². The third-order valence-corrected chi connectivity index (χ3v) is 5.44.